The molecule has 31 heavy (non-hydrogen) atoms. The number of carbonyl (C=O) groups excluding carboxylic acids is 1. The third kappa shape index (κ3) is 4.67. The van der Waals surface area contributed by atoms with Crippen LogP contribution in [0.3, 0.4) is 0 Å². The van der Waals surface area contributed by atoms with Gasteiger partial charge in [0.2, 0.25) is 15.9 Å². The molecule has 1 atom stereocenters. The molecule has 3 aromatic rings. The summed E-state index contributed by atoms with van der Waals surface area (Å²) in [6, 6.07) is 12.7. The first-order chi connectivity index (χ1) is 14.7. The molecule has 1 amide bonds. The number of halogens is 2. The predicted molar refractivity (Wildman–Crippen MR) is 118 cm³/mol. The molecule has 0 aliphatic carbocycles. The molecule has 0 saturated carbocycles. The summed E-state index contributed by atoms with van der Waals surface area (Å²) in [5.41, 5.74) is 1.40. The molecular formula is C21H17Cl2N3O4S. The zero-order valence-corrected chi connectivity index (χ0v) is 18.4. The quantitative estimate of drug-likeness (QED) is 0.588. The first-order valence-corrected chi connectivity index (χ1v) is 11.5. The molecule has 2 N–H and O–H groups in total. The number of ether oxygens (including phenoxy) is 1. The van der Waals surface area contributed by atoms with Gasteiger partial charge >= 0.3 is 0 Å². The topological polar surface area (TPSA) is 103 Å². The second-order valence-electron chi connectivity index (χ2n) is 7.03. The maximum Gasteiger partial charge on any atom is 0.238 e. The molecule has 0 bridgehead atoms. The van der Waals surface area contributed by atoms with Crippen LogP contribution in [0.25, 0.3) is 0 Å². The number of rotatable bonds is 5. The fraction of sp³-hybridized carbons (Fsp3) is 0.143. The van der Waals surface area contributed by atoms with Crippen molar-refractivity contribution in [3.8, 4) is 11.5 Å². The highest BCUT2D eigenvalue weighted by molar-refractivity contribution is 7.89. The lowest BCUT2D eigenvalue weighted by molar-refractivity contribution is -0.117. The Hall–Kier alpha value is -2.65. The first-order valence-electron chi connectivity index (χ1n) is 9.22. The average molecular weight is 478 g/mol. The summed E-state index contributed by atoms with van der Waals surface area (Å²) < 4.78 is 28.9. The van der Waals surface area contributed by atoms with Crippen molar-refractivity contribution >= 4 is 44.8 Å². The van der Waals surface area contributed by atoms with Gasteiger partial charge in [-0.1, -0.05) is 29.3 Å². The second kappa shape index (κ2) is 8.47. The van der Waals surface area contributed by atoms with Crippen molar-refractivity contribution < 1.29 is 17.9 Å². The highest BCUT2D eigenvalue weighted by Gasteiger charge is 2.33. The summed E-state index contributed by atoms with van der Waals surface area (Å²) in [6.45, 7) is 0.395. The van der Waals surface area contributed by atoms with Gasteiger partial charge in [-0.3, -0.25) is 9.78 Å². The lowest BCUT2D eigenvalue weighted by Crippen LogP contribution is -2.24. The molecule has 1 aromatic heterocycles. The number of hydrogen-bond acceptors (Lipinski definition) is 5. The minimum atomic E-state index is -3.80. The summed E-state index contributed by atoms with van der Waals surface area (Å²) in [7, 11) is -3.80. The predicted octanol–water partition coefficient (Wildman–Crippen LogP) is 4.35. The van der Waals surface area contributed by atoms with Crippen molar-refractivity contribution in [2.75, 3.05) is 11.4 Å². The SMILES string of the molecule is NS(=O)(=O)c1ccc(N2C[C@@H](c3ccc(Cl)cc3Oc3cnccc3Cl)CC2=O)cc1. The Balaban J connectivity index is 1.61. The van der Waals surface area contributed by atoms with Gasteiger partial charge in [-0.05, 0) is 42.5 Å². The molecule has 2 heterocycles. The maximum atomic E-state index is 12.7. The number of pyridine rings is 1. The minimum absolute atomic E-state index is 0.0128. The van der Waals surface area contributed by atoms with Crippen molar-refractivity contribution in [3.63, 3.8) is 0 Å². The van der Waals surface area contributed by atoms with Gasteiger partial charge in [-0.2, -0.15) is 0 Å². The Morgan fingerprint density at radius 2 is 1.81 bits per heavy atom. The molecule has 7 nitrogen and oxygen atoms in total. The monoisotopic (exact) mass is 477 g/mol. The van der Waals surface area contributed by atoms with Gasteiger partial charge in [0.15, 0.2) is 5.75 Å². The van der Waals surface area contributed by atoms with E-state index in [4.69, 9.17) is 33.1 Å². The van der Waals surface area contributed by atoms with Gasteiger partial charge < -0.3 is 9.64 Å². The summed E-state index contributed by atoms with van der Waals surface area (Å²) >= 11 is 12.4. The summed E-state index contributed by atoms with van der Waals surface area (Å²) in [4.78, 5) is 18.3. The molecule has 2 aromatic carbocycles. The Kier molecular flexibility index (Phi) is 5.90. The third-order valence-electron chi connectivity index (χ3n) is 4.97. The number of benzene rings is 2. The Morgan fingerprint density at radius 1 is 1.06 bits per heavy atom. The molecular weight excluding hydrogens is 461 g/mol. The molecule has 1 fully saturated rings. The number of anilines is 1. The standard InChI is InChI=1S/C21H17Cl2N3O4S/c22-14-1-6-17(19(10-14)30-20-11-25-8-7-18(20)23)13-9-21(27)26(12-13)15-2-4-16(5-3-15)31(24,28)29/h1-8,10-11,13H,9,12H2,(H2,24,28,29)/t13-/m0/s1. The van der Waals surface area contributed by atoms with E-state index >= 15 is 0 Å². The third-order valence-corrected chi connectivity index (χ3v) is 6.45. The van der Waals surface area contributed by atoms with E-state index in [9.17, 15) is 13.2 Å². The Labute approximate surface area is 189 Å². The van der Waals surface area contributed by atoms with Gasteiger partial charge in [0.1, 0.15) is 5.75 Å². The minimum Gasteiger partial charge on any atom is -0.454 e. The van der Waals surface area contributed by atoms with Crippen LogP contribution in [-0.2, 0) is 14.8 Å². The van der Waals surface area contributed by atoms with Crippen LogP contribution in [0, 0.1) is 0 Å². The van der Waals surface area contributed by atoms with E-state index in [0.717, 1.165) is 5.56 Å². The number of sulfonamides is 1. The van der Waals surface area contributed by atoms with E-state index in [1.54, 1.807) is 41.4 Å². The van der Waals surface area contributed by atoms with Gasteiger partial charge in [-0.25, -0.2) is 13.6 Å². The molecule has 1 aliphatic rings. The van der Waals surface area contributed by atoms with Crippen molar-refractivity contribution in [1.82, 2.24) is 4.98 Å². The number of carbonyl (C=O) groups is 1. The van der Waals surface area contributed by atoms with E-state index in [2.05, 4.69) is 4.98 Å². The average Bonchev–Trinajstić information content (AvgIpc) is 3.11. The van der Waals surface area contributed by atoms with Crippen molar-refractivity contribution in [2.45, 2.75) is 17.2 Å². The van der Waals surface area contributed by atoms with E-state index in [1.807, 2.05) is 6.07 Å². The lowest BCUT2D eigenvalue weighted by Gasteiger charge is -2.19. The van der Waals surface area contributed by atoms with Crippen LogP contribution in [0.2, 0.25) is 10.0 Å². The summed E-state index contributed by atoms with van der Waals surface area (Å²) in [5, 5.41) is 6.03. The molecule has 1 aliphatic heterocycles. The van der Waals surface area contributed by atoms with Gasteiger partial charge in [-0.15, -0.1) is 0 Å². The van der Waals surface area contributed by atoms with E-state index in [0.29, 0.717) is 33.8 Å². The van der Waals surface area contributed by atoms with Crippen LogP contribution in [0.5, 0.6) is 11.5 Å². The number of hydrogen-bond donors (Lipinski definition) is 1. The molecule has 160 valence electrons. The highest BCUT2D eigenvalue weighted by Crippen LogP contribution is 2.40. The number of nitrogens with zero attached hydrogens (tertiary/aromatic N) is 2. The van der Waals surface area contributed by atoms with Crippen molar-refractivity contribution in [3.05, 3.63) is 76.5 Å². The number of aromatic nitrogens is 1. The molecule has 4 rings (SSSR count). The summed E-state index contributed by atoms with van der Waals surface area (Å²) in [6.07, 6.45) is 3.32. The Morgan fingerprint density at radius 3 is 2.48 bits per heavy atom. The fourth-order valence-corrected chi connectivity index (χ4v) is 4.29. The van der Waals surface area contributed by atoms with Gasteiger partial charge in [0.25, 0.3) is 0 Å². The van der Waals surface area contributed by atoms with Crippen LogP contribution in [0.4, 0.5) is 5.69 Å². The zero-order chi connectivity index (χ0) is 22.2. The van der Waals surface area contributed by atoms with Crippen LogP contribution >= 0.6 is 23.2 Å². The molecule has 0 radical (unpaired) electrons. The van der Waals surface area contributed by atoms with Crippen LogP contribution in [0.15, 0.2) is 65.8 Å². The first kappa shape index (κ1) is 21.6. The summed E-state index contributed by atoms with van der Waals surface area (Å²) in [5.74, 6) is 0.626. The Bertz CT molecular complexity index is 1250. The van der Waals surface area contributed by atoms with Crippen molar-refractivity contribution in [2.24, 2.45) is 5.14 Å². The zero-order valence-electron chi connectivity index (χ0n) is 16.0. The number of amides is 1. The smallest absolute Gasteiger partial charge is 0.238 e. The largest absolute Gasteiger partial charge is 0.454 e. The van der Waals surface area contributed by atoms with Crippen LogP contribution in [-0.4, -0.2) is 25.9 Å². The molecule has 0 unspecified atom stereocenters. The lowest BCUT2D eigenvalue weighted by atomic mass is 9.97. The van der Waals surface area contributed by atoms with Crippen molar-refractivity contribution in [1.29, 1.82) is 0 Å². The number of nitrogens with two attached hydrogens (primary N) is 1. The van der Waals surface area contributed by atoms with E-state index in [1.165, 1.54) is 18.3 Å². The highest BCUT2D eigenvalue weighted by atomic mass is 35.5. The normalized spacial score (nSPS) is 16.5. The molecule has 0 spiro atoms. The van der Waals surface area contributed by atoms with Gasteiger partial charge in [0, 0.05) is 41.4 Å². The van der Waals surface area contributed by atoms with E-state index < -0.39 is 10.0 Å². The van der Waals surface area contributed by atoms with Crippen LogP contribution in [0.1, 0.15) is 17.9 Å². The maximum absolute atomic E-state index is 12.7. The second-order valence-corrected chi connectivity index (χ2v) is 9.44. The fourth-order valence-electron chi connectivity index (χ4n) is 3.47. The number of primary sulfonamides is 1. The molecule has 10 heteroatoms. The molecule has 1 saturated heterocycles. The van der Waals surface area contributed by atoms with E-state index in [-0.39, 0.29) is 23.1 Å². The van der Waals surface area contributed by atoms with Gasteiger partial charge in [0.05, 0.1) is 16.1 Å². The van der Waals surface area contributed by atoms with Crippen LogP contribution < -0.4 is 14.8 Å².